The molecule has 7 nitrogen and oxygen atoms in total. The monoisotopic (exact) mass is 429 g/mol. The molecule has 0 radical (unpaired) electrons. The summed E-state index contributed by atoms with van der Waals surface area (Å²) >= 11 is 0. The van der Waals surface area contributed by atoms with Crippen molar-refractivity contribution in [3.05, 3.63) is 48.2 Å². The maximum atomic E-state index is 6.33. The van der Waals surface area contributed by atoms with Crippen molar-refractivity contribution in [3.8, 4) is 18.1 Å². The second kappa shape index (κ2) is 9.43. The van der Waals surface area contributed by atoms with E-state index in [9.17, 15) is 0 Å². The first-order chi connectivity index (χ1) is 15.8. The lowest BCUT2D eigenvalue weighted by atomic mass is 10.1. The van der Waals surface area contributed by atoms with Gasteiger partial charge in [0.25, 0.3) is 0 Å². The first-order valence-electron chi connectivity index (χ1n) is 11.1. The van der Waals surface area contributed by atoms with E-state index in [-0.39, 0.29) is 6.10 Å². The summed E-state index contributed by atoms with van der Waals surface area (Å²) in [6.07, 6.45) is 9.55. The first kappa shape index (κ1) is 20.6. The predicted molar refractivity (Wildman–Crippen MR) is 127 cm³/mol. The fourth-order valence-electron chi connectivity index (χ4n) is 4.15. The van der Waals surface area contributed by atoms with E-state index in [0.717, 1.165) is 80.1 Å². The number of fused-ring (bicyclic) bond motifs is 1. The zero-order chi connectivity index (χ0) is 21.8. The van der Waals surface area contributed by atoms with Gasteiger partial charge in [-0.3, -0.25) is 0 Å². The Kier molecular flexibility index (Phi) is 6.06. The molecule has 0 amide bonds. The van der Waals surface area contributed by atoms with Crippen LogP contribution in [0.2, 0.25) is 0 Å². The van der Waals surface area contributed by atoms with Crippen molar-refractivity contribution in [2.24, 2.45) is 0 Å². The number of terminal acetylenes is 1. The molecule has 2 aliphatic rings. The van der Waals surface area contributed by atoms with Crippen LogP contribution in [-0.2, 0) is 4.74 Å². The maximum absolute atomic E-state index is 6.33. The van der Waals surface area contributed by atoms with Gasteiger partial charge >= 0.3 is 0 Å². The van der Waals surface area contributed by atoms with Gasteiger partial charge in [-0.1, -0.05) is 5.92 Å². The summed E-state index contributed by atoms with van der Waals surface area (Å²) in [5.74, 6) is 3.95. The number of benzene rings is 2. The van der Waals surface area contributed by atoms with Gasteiger partial charge in [0.05, 0.1) is 13.2 Å². The summed E-state index contributed by atoms with van der Waals surface area (Å²) in [4.78, 5) is 11.6. The summed E-state index contributed by atoms with van der Waals surface area (Å²) in [5.41, 5.74) is 3.66. The number of aromatic nitrogens is 2. The number of ether oxygens (including phenoxy) is 2. The number of rotatable bonds is 5. The molecule has 2 aliphatic heterocycles. The third-order valence-corrected chi connectivity index (χ3v) is 5.89. The van der Waals surface area contributed by atoms with Crippen LogP contribution in [0.4, 0.5) is 17.3 Å². The van der Waals surface area contributed by atoms with E-state index >= 15 is 0 Å². The molecule has 5 rings (SSSR count). The van der Waals surface area contributed by atoms with E-state index in [1.807, 2.05) is 24.3 Å². The Balaban J connectivity index is 1.38. The van der Waals surface area contributed by atoms with Crippen molar-refractivity contribution < 1.29 is 9.47 Å². The number of hydrogen-bond acceptors (Lipinski definition) is 7. The largest absolute Gasteiger partial charge is 0.488 e. The maximum Gasteiger partial charge on any atom is 0.227 e. The molecule has 0 unspecified atom stereocenters. The van der Waals surface area contributed by atoms with Crippen LogP contribution in [0.15, 0.2) is 42.6 Å². The summed E-state index contributed by atoms with van der Waals surface area (Å²) in [6, 6.07) is 12.1. The number of nitrogens with zero attached hydrogens (tertiary/aromatic N) is 3. The van der Waals surface area contributed by atoms with Gasteiger partial charge in [0.1, 0.15) is 17.4 Å². The Morgan fingerprint density at radius 3 is 2.66 bits per heavy atom. The van der Waals surface area contributed by atoms with Crippen LogP contribution in [0.3, 0.4) is 0 Å². The van der Waals surface area contributed by atoms with Crippen LogP contribution in [-0.4, -0.2) is 55.5 Å². The lowest BCUT2D eigenvalue weighted by molar-refractivity contribution is 0.122. The predicted octanol–water partition coefficient (Wildman–Crippen LogP) is 3.32. The minimum absolute atomic E-state index is 0.159. The van der Waals surface area contributed by atoms with Crippen molar-refractivity contribution in [2.75, 3.05) is 49.6 Å². The van der Waals surface area contributed by atoms with Crippen LogP contribution in [0, 0.1) is 12.3 Å². The smallest absolute Gasteiger partial charge is 0.227 e. The third kappa shape index (κ3) is 4.62. The Bertz CT molecular complexity index is 1110. The fourth-order valence-corrected chi connectivity index (χ4v) is 4.15. The van der Waals surface area contributed by atoms with Crippen molar-refractivity contribution in [2.45, 2.75) is 18.9 Å². The summed E-state index contributed by atoms with van der Waals surface area (Å²) in [5, 5.41) is 7.55. The van der Waals surface area contributed by atoms with Crippen molar-refractivity contribution in [1.29, 1.82) is 0 Å². The molecule has 0 atom stereocenters. The number of piperidine rings is 1. The van der Waals surface area contributed by atoms with E-state index in [4.69, 9.17) is 20.9 Å². The standard InChI is InChI=1S/C25H27N5O2/c1-2-18-15-19-17-27-25(29-24(19)23(16-18)32-22-7-9-26-10-8-22)28-20-3-5-21(6-4-20)30-11-13-31-14-12-30/h1,3-6,15-17,22,26H,7-14H2,(H,27,28,29). The molecule has 2 aromatic carbocycles. The molecule has 1 aromatic heterocycles. The molecule has 0 spiro atoms. The highest BCUT2D eigenvalue weighted by Gasteiger charge is 2.17. The second-order valence-electron chi connectivity index (χ2n) is 8.09. The molecule has 2 N–H and O–H groups in total. The Morgan fingerprint density at radius 1 is 1.12 bits per heavy atom. The number of morpholine rings is 1. The quantitative estimate of drug-likeness (QED) is 0.603. The van der Waals surface area contributed by atoms with E-state index in [1.54, 1.807) is 6.20 Å². The summed E-state index contributed by atoms with van der Waals surface area (Å²) < 4.78 is 11.8. The second-order valence-corrected chi connectivity index (χ2v) is 8.09. The molecule has 0 saturated carbocycles. The van der Waals surface area contributed by atoms with Gasteiger partial charge in [-0.05, 0) is 62.3 Å². The van der Waals surface area contributed by atoms with Crippen LogP contribution < -0.4 is 20.3 Å². The van der Waals surface area contributed by atoms with Crippen molar-refractivity contribution in [3.63, 3.8) is 0 Å². The van der Waals surface area contributed by atoms with Crippen molar-refractivity contribution in [1.82, 2.24) is 15.3 Å². The van der Waals surface area contributed by atoms with Gasteiger partial charge in [0.2, 0.25) is 5.95 Å². The van der Waals surface area contributed by atoms with E-state index in [2.05, 4.69) is 38.6 Å². The molecular formula is C25H27N5O2. The molecule has 7 heteroatoms. The SMILES string of the molecule is C#Cc1cc(OC2CCNCC2)c2nc(Nc3ccc(N4CCOCC4)cc3)ncc2c1. The van der Waals surface area contributed by atoms with Gasteiger partial charge in [0.15, 0.2) is 0 Å². The topological polar surface area (TPSA) is 71.5 Å². The Morgan fingerprint density at radius 2 is 1.91 bits per heavy atom. The lowest BCUT2D eigenvalue weighted by Gasteiger charge is -2.28. The number of hydrogen-bond donors (Lipinski definition) is 2. The Labute approximate surface area is 188 Å². The molecule has 0 bridgehead atoms. The van der Waals surface area contributed by atoms with Crippen molar-refractivity contribution >= 4 is 28.2 Å². The molecule has 2 saturated heterocycles. The molecule has 3 aromatic rings. The Hall–Kier alpha value is -3.34. The molecule has 3 heterocycles. The molecule has 32 heavy (non-hydrogen) atoms. The zero-order valence-electron chi connectivity index (χ0n) is 18.0. The van der Waals surface area contributed by atoms with E-state index < -0.39 is 0 Å². The molecule has 2 fully saturated rings. The van der Waals surface area contributed by atoms with Gasteiger partial charge in [-0.15, -0.1) is 6.42 Å². The van der Waals surface area contributed by atoms with Crippen LogP contribution in [0.1, 0.15) is 18.4 Å². The van der Waals surface area contributed by atoms with Gasteiger partial charge in [-0.25, -0.2) is 9.97 Å². The lowest BCUT2D eigenvalue weighted by Crippen LogP contribution is -2.36. The molecule has 164 valence electrons. The van der Waals surface area contributed by atoms with Gasteiger partial charge < -0.3 is 25.0 Å². The van der Waals surface area contributed by atoms with Gasteiger partial charge in [-0.2, -0.15) is 0 Å². The summed E-state index contributed by atoms with van der Waals surface area (Å²) in [6.45, 7) is 5.29. The average molecular weight is 430 g/mol. The van der Waals surface area contributed by atoms with Gasteiger partial charge in [0, 0.05) is 41.6 Å². The van der Waals surface area contributed by atoms with Crippen LogP contribution >= 0.6 is 0 Å². The van der Waals surface area contributed by atoms with E-state index in [1.165, 1.54) is 5.69 Å². The highest BCUT2D eigenvalue weighted by Crippen LogP contribution is 2.29. The average Bonchev–Trinajstić information content (AvgIpc) is 2.86. The zero-order valence-corrected chi connectivity index (χ0v) is 18.0. The minimum Gasteiger partial charge on any atom is -0.488 e. The third-order valence-electron chi connectivity index (χ3n) is 5.89. The highest BCUT2D eigenvalue weighted by atomic mass is 16.5. The minimum atomic E-state index is 0.159. The highest BCUT2D eigenvalue weighted by molar-refractivity contribution is 5.86. The number of nitrogens with one attached hydrogen (secondary N) is 2. The number of anilines is 3. The van der Waals surface area contributed by atoms with Crippen LogP contribution in [0.25, 0.3) is 10.9 Å². The molecule has 0 aliphatic carbocycles. The normalized spacial score (nSPS) is 17.2. The molecular weight excluding hydrogens is 402 g/mol. The fraction of sp³-hybridized carbons (Fsp3) is 0.360. The first-order valence-corrected chi connectivity index (χ1v) is 11.1. The van der Waals surface area contributed by atoms with Crippen LogP contribution in [0.5, 0.6) is 5.75 Å². The summed E-state index contributed by atoms with van der Waals surface area (Å²) in [7, 11) is 0. The van der Waals surface area contributed by atoms with E-state index in [0.29, 0.717) is 5.95 Å².